The van der Waals surface area contributed by atoms with E-state index in [-0.39, 0.29) is 18.6 Å². The first-order valence-electron chi connectivity index (χ1n) is 10.9. The molecule has 0 spiro atoms. The number of nitrogens with one attached hydrogen (secondary N) is 3. The van der Waals surface area contributed by atoms with E-state index in [9.17, 15) is 39.0 Å². The molecule has 198 valence electrons. The Morgan fingerprint density at radius 1 is 0.778 bits per heavy atom. The van der Waals surface area contributed by atoms with Crippen molar-refractivity contribution in [3.05, 3.63) is 29.8 Å². The number of benzene rings is 1. The minimum Gasteiger partial charge on any atom is -0.508 e. The van der Waals surface area contributed by atoms with Crippen molar-refractivity contribution in [2.75, 3.05) is 0 Å². The van der Waals surface area contributed by atoms with Crippen LogP contribution < -0.4 is 21.7 Å². The average Bonchev–Trinajstić information content (AvgIpc) is 2.79. The maximum absolute atomic E-state index is 12.6. The SMILES string of the molecule is CC(NC(=O)C(N)Cc1ccc(O)cc1)C(=O)NC(CCC(=O)O)C(=O)NC(CCC(=O)O)C(=O)O. The molecule has 1 aromatic rings. The molecule has 9 N–H and O–H groups in total. The summed E-state index contributed by atoms with van der Waals surface area (Å²) in [6.45, 7) is 1.31. The lowest BCUT2D eigenvalue weighted by molar-refractivity contribution is -0.144. The van der Waals surface area contributed by atoms with Gasteiger partial charge in [-0.2, -0.15) is 0 Å². The molecule has 0 aliphatic heterocycles. The van der Waals surface area contributed by atoms with Gasteiger partial charge in [-0.15, -0.1) is 0 Å². The topological polar surface area (TPSA) is 245 Å². The van der Waals surface area contributed by atoms with Gasteiger partial charge in [0.1, 0.15) is 23.9 Å². The molecule has 0 aliphatic rings. The maximum Gasteiger partial charge on any atom is 0.326 e. The Labute approximate surface area is 205 Å². The van der Waals surface area contributed by atoms with E-state index in [0.29, 0.717) is 5.56 Å². The second-order valence-corrected chi connectivity index (χ2v) is 8.03. The van der Waals surface area contributed by atoms with E-state index < -0.39 is 79.1 Å². The van der Waals surface area contributed by atoms with Crippen LogP contribution in [0.2, 0.25) is 0 Å². The lowest BCUT2D eigenvalue weighted by Crippen LogP contribution is -2.56. The van der Waals surface area contributed by atoms with Gasteiger partial charge in [-0.05, 0) is 43.9 Å². The zero-order valence-electron chi connectivity index (χ0n) is 19.5. The standard InChI is InChI=1S/C22H30N4O10/c1-11(24-20(33)14(23)10-12-2-4-13(27)5-3-12)19(32)25-15(6-8-17(28)29)21(34)26-16(22(35)36)7-9-18(30)31/h2-5,11,14-16,27H,6-10,23H2,1H3,(H,24,33)(H,25,32)(H,26,34)(H,28,29)(H,30,31)(H,35,36). The number of hydrogen-bond acceptors (Lipinski definition) is 8. The van der Waals surface area contributed by atoms with Crippen LogP contribution in [-0.2, 0) is 35.2 Å². The van der Waals surface area contributed by atoms with E-state index in [2.05, 4.69) is 16.0 Å². The second-order valence-electron chi connectivity index (χ2n) is 8.03. The van der Waals surface area contributed by atoms with Crippen molar-refractivity contribution in [2.45, 2.75) is 63.2 Å². The van der Waals surface area contributed by atoms with Gasteiger partial charge in [0.05, 0.1) is 6.04 Å². The zero-order chi connectivity index (χ0) is 27.4. The molecule has 1 aromatic carbocycles. The fourth-order valence-electron chi connectivity index (χ4n) is 3.00. The molecule has 0 saturated carbocycles. The number of carbonyl (C=O) groups is 6. The lowest BCUT2D eigenvalue weighted by Gasteiger charge is -2.23. The largest absolute Gasteiger partial charge is 0.508 e. The molecule has 36 heavy (non-hydrogen) atoms. The van der Waals surface area contributed by atoms with Gasteiger partial charge in [0.15, 0.2) is 0 Å². The summed E-state index contributed by atoms with van der Waals surface area (Å²) in [5.74, 6) is -6.58. The fourth-order valence-corrected chi connectivity index (χ4v) is 3.00. The Bertz CT molecular complexity index is 966. The van der Waals surface area contributed by atoms with Crippen LogP contribution >= 0.6 is 0 Å². The van der Waals surface area contributed by atoms with Crippen LogP contribution in [0.15, 0.2) is 24.3 Å². The van der Waals surface area contributed by atoms with Crippen LogP contribution in [0.5, 0.6) is 5.75 Å². The van der Waals surface area contributed by atoms with Crippen molar-refractivity contribution >= 4 is 35.6 Å². The van der Waals surface area contributed by atoms with Gasteiger partial charge in [0, 0.05) is 12.8 Å². The normalized spacial score (nSPS) is 13.9. The van der Waals surface area contributed by atoms with Crippen molar-refractivity contribution in [3.8, 4) is 5.75 Å². The Kier molecular flexibility index (Phi) is 11.8. The summed E-state index contributed by atoms with van der Waals surface area (Å²) >= 11 is 0. The first-order valence-corrected chi connectivity index (χ1v) is 10.9. The van der Waals surface area contributed by atoms with Crippen molar-refractivity contribution in [3.63, 3.8) is 0 Å². The predicted octanol–water partition coefficient (Wildman–Crippen LogP) is -1.45. The molecule has 0 radical (unpaired) electrons. The maximum atomic E-state index is 12.6. The van der Waals surface area contributed by atoms with Crippen LogP contribution in [0.4, 0.5) is 0 Å². The summed E-state index contributed by atoms with van der Waals surface area (Å²) in [4.78, 5) is 70.5. The molecule has 0 heterocycles. The molecular formula is C22H30N4O10. The summed E-state index contributed by atoms with van der Waals surface area (Å²) in [5, 5.41) is 42.9. The van der Waals surface area contributed by atoms with E-state index in [1.165, 1.54) is 19.1 Å². The Balaban J connectivity index is 2.79. The van der Waals surface area contributed by atoms with E-state index in [1.807, 2.05) is 0 Å². The van der Waals surface area contributed by atoms with Gasteiger partial charge in [0.25, 0.3) is 0 Å². The minimum atomic E-state index is -1.58. The van der Waals surface area contributed by atoms with Gasteiger partial charge in [0.2, 0.25) is 17.7 Å². The number of carboxylic acid groups (broad SMARTS) is 3. The quantitative estimate of drug-likeness (QED) is 0.136. The number of phenolic OH excluding ortho intramolecular Hbond substituents is 1. The molecule has 14 nitrogen and oxygen atoms in total. The van der Waals surface area contributed by atoms with Crippen molar-refractivity contribution in [2.24, 2.45) is 5.73 Å². The molecule has 0 aliphatic carbocycles. The van der Waals surface area contributed by atoms with Crippen LogP contribution in [0.25, 0.3) is 0 Å². The predicted molar refractivity (Wildman–Crippen MR) is 123 cm³/mol. The summed E-state index contributed by atoms with van der Waals surface area (Å²) in [7, 11) is 0. The summed E-state index contributed by atoms with van der Waals surface area (Å²) < 4.78 is 0. The highest BCUT2D eigenvalue weighted by Crippen LogP contribution is 2.11. The second kappa shape index (κ2) is 14.3. The molecular weight excluding hydrogens is 480 g/mol. The highest BCUT2D eigenvalue weighted by Gasteiger charge is 2.29. The van der Waals surface area contributed by atoms with Gasteiger partial charge >= 0.3 is 17.9 Å². The fraction of sp³-hybridized carbons (Fsp3) is 0.455. The van der Waals surface area contributed by atoms with Gasteiger partial charge < -0.3 is 42.1 Å². The number of amides is 3. The van der Waals surface area contributed by atoms with Gasteiger partial charge in [-0.25, -0.2) is 4.79 Å². The van der Waals surface area contributed by atoms with Crippen molar-refractivity contribution < 1.29 is 49.2 Å². The molecule has 0 fully saturated rings. The Hall–Kier alpha value is -4.20. The third kappa shape index (κ3) is 10.8. The monoisotopic (exact) mass is 510 g/mol. The molecule has 4 atom stereocenters. The third-order valence-electron chi connectivity index (χ3n) is 5.02. The number of hydrogen-bond donors (Lipinski definition) is 8. The van der Waals surface area contributed by atoms with Crippen LogP contribution in [0, 0.1) is 0 Å². The van der Waals surface area contributed by atoms with Crippen molar-refractivity contribution in [1.82, 2.24) is 16.0 Å². The summed E-state index contributed by atoms with van der Waals surface area (Å²) in [5.41, 5.74) is 6.53. The first-order chi connectivity index (χ1) is 16.8. The van der Waals surface area contributed by atoms with Crippen molar-refractivity contribution in [1.29, 1.82) is 0 Å². The molecule has 0 saturated heterocycles. The highest BCUT2D eigenvalue weighted by atomic mass is 16.4. The summed E-state index contributed by atoms with van der Waals surface area (Å²) in [6, 6.07) is 0.727. The molecule has 14 heteroatoms. The smallest absolute Gasteiger partial charge is 0.326 e. The number of nitrogens with two attached hydrogens (primary N) is 1. The Morgan fingerprint density at radius 2 is 1.28 bits per heavy atom. The number of aromatic hydroxyl groups is 1. The van der Waals surface area contributed by atoms with E-state index in [0.717, 1.165) is 0 Å². The van der Waals surface area contributed by atoms with Crippen LogP contribution in [0.3, 0.4) is 0 Å². The number of carbonyl (C=O) groups excluding carboxylic acids is 3. The first kappa shape index (κ1) is 29.8. The van der Waals surface area contributed by atoms with Crippen LogP contribution in [-0.4, -0.2) is 80.2 Å². The highest BCUT2D eigenvalue weighted by molar-refractivity contribution is 5.94. The van der Waals surface area contributed by atoms with E-state index in [1.54, 1.807) is 12.1 Å². The zero-order valence-corrected chi connectivity index (χ0v) is 19.5. The van der Waals surface area contributed by atoms with E-state index in [4.69, 9.17) is 15.9 Å². The van der Waals surface area contributed by atoms with Gasteiger partial charge in [-0.3, -0.25) is 24.0 Å². The third-order valence-corrected chi connectivity index (χ3v) is 5.02. The van der Waals surface area contributed by atoms with Crippen LogP contribution in [0.1, 0.15) is 38.2 Å². The molecule has 0 aromatic heterocycles. The molecule has 3 amide bonds. The minimum absolute atomic E-state index is 0.0418. The Morgan fingerprint density at radius 3 is 1.78 bits per heavy atom. The summed E-state index contributed by atoms with van der Waals surface area (Å²) in [6.07, 6.45) is -1.79. The molecule has 1 rings (SSSR count). The lowest BCUT2D eigenvalue weighted by atomic mass is 10.1. The number of rotatable bonds is 15. The molecule has 0 bridgehead atoms. The average molecular weight is 511 g/mol. The van der Waals surface area contributed by atoms with Gasteiger partial charge in [-0.1, -0.05) is 12.1 Å². The number of carboxylic acids is 3. The number of aliphatic carboxylic acids is 3. The molecule has 4 unspecified atom stereocenters. The van der Waals surface area contributed by atoms with E-state index >= 15 is 0 Å². The number of phenols is 1.